The zero-order valence-corrected chi connectivity index (χ0v) is 27.3. The van der Waals surface area contributed by atoms with Crippen molar-refractivity contribution in [1.29, 1.82) is 0 Å². The number of allylic oxidation sites excluding steroid dienone is 3. The van der Waals surface area contributed by atoms with Gasteiger partial charge in [0.1, 0.15) is 11.5 Å². The standard InChI is InChI=1S/C27H39ClN2O3.C7H5ClO2/c1-6-7-16-29-25-24(20(2)12-15-28)13-17-30(5)26(25)21-8-10-22(11-9-21)31-18-14-23-19-32-27(3,4)33-23;8-6-1-3-7(4-2-6)10-5-9/h7-12,16,23,26,29H,6,13-15,17-19H2,1-5H3;1-5H/b16-7+,20-12+;. The number of ether oxygens (including phenoxy) is 4. The Balaban J connectivity index is 0.000000428. The molecule has 2 aromatic carbocycles. The topological polar surface area (TPSA) is 69.3 Å². The van der Waals surface area contributed by atoms with Gasteiger partial charge in [0, 0.05) is 29.6 Å². The van der Waals surface area contributed by atoms with Crippen LogP contribution >= 0.6 is 23.2 Å². The number of hydrogen-bond donors (Lipinski definition) is 1. The Morgan fingerprint density at radius 2 is 1.84 bits per heavy atom. The maximum Gasteiger partial charge on any atom is 0.298 e. The van der Waals surface area contributed by atoms with Crippen LogP contribution in [0.2, 0.25) is 5.02 Å². The van der Waals surface area contributed by atoms with Crippen LogP contribution in [0.5, 0.6) is 11.5 Å². The number of halogens is 2. The fourth-order valence-electron chi connectivity index (χ4n) is 4.97. The van der Waals surface area contributed by atoms with Gasteiger partial charge in [0.25, 0.3) is 6.47 Å². The molecule has 4 rings (SSSR count). The zero-order chi connectivity index (χ0) is 31.2. The molecule has 0 bridgehead atoms. The number of likely N-dealkylation sites (N-methyl/N-ethyl adjacent to an activating group) is 1. The molecule has 0 spiro atoms. The summed E-state index contributed by atoms with van der Waals surface area (Å²) in [6.07, 6.45) is 9.20. The number of hydrogen-bond acceptors (Lipinski definition) is 7. The number of benzene rings is 2. The Hall–Kier alpha value is -2.81. The lowest BCUT2D eigenvalue weighted by atomic mass is 9.89. The molecule has 2 aliphatic heterocycles. The van der Waals surface area contributed by atoms with Crippen LogP contribution in [0.1, 0.15) is 58.6 Å². The van der Waals surface area contributed by atoms with Crippen molar-refractivity contribution in [1.82, 2.24) is 10.2 Å². The van der Waals surface area contributed by atoms with Crippen molar-refractivity contribution >= 4 is 29.7 Å². The van der Waals surface area contributed by atoms with Crippen LogP contribution in [0, 0.1) is 0 Å². The fraction of sp³-hybridized carbons (Fsp3) is 0.441. The summed E-state index contributed by atoms with van der Waals surface area (Å²) in [4.78, 5) is 12.2. The number of alkyl halides is 1. The highest BCUT2D eigenvalue weighted by Gasteiger charge is 2.32. The molecule has 2 aliphatic rings. The molecule has 1 fully saturated rings. The quantitative estimate of drug-likeness (QED) is 0.189. The van der Waals surface area contributed by atoms with Crippen LogP contribution in [0.25, 0.3) is 0 Å². The first kappa shape index (κ1) is 34.7. The van der Waals surface area contributed by atoms with E-state index in [9.17, 15) is 4.79 Å². The van der Waals surface area contributed by atoms with Gasteiger partial charge in [-0.15, -0.1) is 11.6 Å². The minimum absolute atomic E-state index is 0.0906. The number of nitrogens with one attached hydrogen (secondary N) is 1. The molecule has 9 heteroatoms. The lowest BCUT2D eigenvalue weighted by molar-refractivity contribution is -0.139. The van der Waals surface area contributed by atoms with Crippen molar-refractivity contribution in [3.8, 4) is 11.5 Å². The number of carbonyl (C=O) groups is 1. The van der Waals surface area contributed by atoms with Gasteiger partial charge in [0.05, 0.1) is 25.4 Å². The van der Waals surface area contributed by atoms with Crippen LogP contribution in [-0.4, -0.2) is 55.9 Å². The van der Waals surface area contributed by atoms with Crippen LogP contribution in [0.15, 0.2) is 83.7 Å². The summed E-state index contributed by atoms with van der Waals surface area (Å²) >= 11 is 11.6. The van der Waals surface area contributed by atoms with E-state index >= 15 is 0 Å². The predicted molar refractivity (Wildman–Crippen MR) is 174 cm³/mol. The Morgan fingerprint density at radius 1 is 1.14 bits per heavy atom. The highest BCUT2D eigenvalue weighted by molar-refractivity contribution is 6.30. The fourth-order valence-corrected chi connectivity index (χ4v) is 5.33. The molecule has 0 saturated carbocycles. The maximum atomic E-state index is 9.80. The third kappa shape index (κ3) is 11.0. The first-order valence-electron chi connectivity index (χ1n) is 14.7. The first-order chi connectivity index (χ1) is 20.7. The van der Waals surface area contributed by atoms with Crippen molar-refractivity contribution in [2.24, 2.45) is 0 Å². The van der Waals surface area contributed by atoms with E-state index in [4.69, 9.17) is 37.4 Å². The van der Waals surface area contributed by atoms with Gasteiger partial charge in [-0.25, -0.2) is 0 Å². The molecule has 43 heavy (non-hydrogen) atoms. The van der Waals surface area contributed by atoms with Gasteiger partial charge in [-0.05, 0) is 100.0 Å². The Labute approximate surface area is 266 Å². The molecule has 0 aliphatic carbocycles. The van der Waals surface area contributed by atoms with Crippen molar-refractivity contribution in [2.75, 3.05) is 32.7 Å². The smallest absolute Gasteiger partial charge is 0.298 e. The van der Waals surface area contributed by atoms with Gasteiger partial charge < -0.3 is 24.3 Å². The largest absolute Gasteiger partial charge is 0.493 e. The van der Waals surface area contributed by atoms with Crippen LogP contribution in [-0.2, 0) is 14.3 Å². The van der Waals surface area contributed by atoms with E-state index in [1.165, 1.54) is 22.4 Å². The monoisotopic (exact) mass is 630 g/mol. The van der Waals surface area contributed by atoms with E-state index in [2.05, 4.69) is 78.5 Å². The Bertz CT molecular complexity index is 1240. The SMILES string of the molecule is CC/C=C/NC1=C(/C(C)=C/CCl)CCN(C)C1c1ccc(OCCC2COC(C)(C)O2)cc1.O=COc1ccc(Cl)cc1. The van der Waals surface area contributed by atoms with E-state index in [1.807, 2.05) is 13.8 Å². The number of rotatable bonds is 12. The van der Waals surface area contributed by atoms with Gasteiger partial charge in [0.15, 0.2) is 5.79 Å². The van der Waals surface area contributed by atoms with Crippen LogP contribution < -0.4 is 14.8 Å². The summed E-state index contributed by atoms with van der Waals surface area (Å²) < 4.78 is 22.0. The molecule has 234 valence electrons. The molecule has 2 aromatic rings. The molecule has 1 N–H and O–H groups in total. The molecular formula is C34H44Cl2N2O5. The number of carbonyl (C=O) groups excluding carboxylic acids is 1. The molecule has 7 nitrogen and oxygen atoms in total. The summed E-state index contributed by atoms with van der Waals surface area (Å²) in [6, 6.07) is 15.2. The summed E-state index contributed by atoms with van der Waals surface area (Å²) in [6.45, 7) is 10.8. The molecular weight excluding hydrogens is 587 g/mol. The van der Waals surface area contributed by atoms with Crippen molar-refractivity contribution in [3.63, 3.8) is 0 Å². The Kier molecular flexibility index (Phi) is 14.1. The highest BCUT2D eigenvalue weighted by Crippen LogP contribution is 2.37. The molecule has 2 atom stereocenters. The van der Waals surface area contributed by atoms with Gasteiger partial charge in [-0.1, -0.05) is 42.8 Å². The van der Waals surface area contributed by atoms with Crippen molar-refractivity contribution in [2.45, 2.75) is 64.9 Å². The average Bonchev–Trinajstić information content (AvgIpc) is 3.34. The molecule has 0 amide bonds. The summed E-state index contributed by atoms with van der Waals surface area (Å²) in [5.41, 5.74) is 5.06. The van der Waals surface area contributed by atoms with Crippen molar-refractivity contribution < 1.29 is 23.7 Å². The third-order valence-corrected chi connectivity index (χ3v) is 7.58. The lowest BCUT2D eigenvalue weighted by Crippen LogP contribution is -2.36. The second kappa shape index (κ2) is 17.5. The zero-order valence-electron chi connectivity index (χ0n) is 25.8. The molecule has 2 unspecified atom stereocenters. The van der Waals surface area contributed by atoms with E-state index in [1.54, 1.807) is 24.3 Å². The summed E-state index contributed by atoms with van der Waals surface area (Å²) in [5, 5.41) is 4.22. The second-order valence-corrected chi connectivity index (χ2v) is 11.6. The second-order valence-electron chi connectivity index (χ2n) is 10.8. The van der Waals surface area contributed by atoms with Crippen LogP contribution in [0.4, 0.5) is 0 Å². The normalized spacial score (nSPS) is 20.5. The summed E-state index contributed by atoms with van der Waals surface area (Å²) in [5.74, 6) is 1.41. The highest BCUT2D eigenvalue weighted by atomic mass is 35.5. The van der Waals surface area contributed by atoms with E-state index in [0.717, 1.165) is 31.6 Å². The molecule has 2 heterocycles. The van der Waals surface area contributed by atoms with Gasteiger partial charge in [0.2, 0.25) is 0 Å². The van der Waals surface area contributed by atoms with Crippen LogP contribution in [0.3, 0.4) is 0 Å². The summed E-state index contributed by atoms with van der Waals surface area (Å²) in [7, 11) is 2.18. The van der Waals surface area contributed by atoms with E-state index in [0.29, 0.717) is 36.3 Å². The number of nitrogens with zero attached hydrogens (tertiary/aromatic N) is 1. The minimum Gasteiger partial charge on any atom is -0.493 e. The van der Waals surface area contributed by atoms with Gasteiger partial charge in [-0.3, -0.25) is 9.69 Å². The minimum atomic E-state index is -0.486. The van der Waals surface area contributed by atoms with Gasteiger partial charge in [-0.2, -0.15) is 0 Å². The van der Waals surface area contributed by atoms with E-state index < -0.39 is 5.79 Å². The molecule has 1 saturated heterocycles. The predicted octanol–water partition coefficient (Wildman–Crippen LogP) is 7.81. The Morgan fingerprint density at radius 3 is 2.44 bits per heavy atom. The molecule has 0 aromatic heterocycles. The van der Waals surface area contributed by atoms with E-state index in [-0.39, 0.29) is 12.1 Å². The first-order valence-corrected chi connectivity index (χ1v) is 15.6. The lowest BCUT2D eigenvalue weighted by Gasteiger charge is -2.37. The van der Waals surface area contributed by atoms with Gasteiger partial charge >= 0.3 is 0 Å². The maximum absolute atomic E-state index is 9.80. The average molecular weight is 632 g/mol. The third-order valence-electron chi connectivity index (χ3n) is 7.18. The molecule has 0 radical (unpaired) electrons. The van der Waals surface area contributed by atoms with Crippen molar-refractivity contribution in [3.05, 3.63) is 94.3 Å².